The Morgan fingerprint density at radius 3 is 2.06 bits per heavy atom. The van der Waals surface area contributed by atoms with Gasteiger partial charge in [-0.05, 0) is 17.2 Å². The van der Waals surface area contributed by atoms with Gasteiger partial charge in [0.15, 0.2) is 0 Å². The summed E-state index contributed by atoms with van der Waals surface area (Å²) in [6.07, 6.45) is 0.321. The molecule has 1 fully saturated rings. The van der Waals surface area contributed by atoms with Gasteiger partial charge in [-0.1, -0.05) is 90.5 Å². The zero-order valence-electron chi connectivity index (χ0n) is 18.8. The highest BCUT2D eigenvalue weighted by molar-refractivity contribution is 7.13. The molecule has 1 aromatic heterocycles. The summed E-state index contributed by atoms with van der Waals surface area (Å²) >= 11 is 7.84. The quantitative estimate of drug-likeness (QED) is 0.337. The second kappa shape index (κ2) is 10.5. The molecule has 0 N–H and O–H groups in total. The Hall–Kier alpha value is -2.99. The van der Waals surface area contributed by atoms with Gasteiger partial charge >= 0.3 is 0 Å². The van der Waals surface area contributed by atoms with Crippen molar-refractivity contribution in [2.24, 2.45) is 0 Å². The molecule has 0 unspecified atom stereocenters. The number of halogens is 1. The van der Waals surface area contributed by atoms with Gasteiger partial charge in [0.05, 0.1) is 23.2 Å². The van der Waals surface area contributed by atoms with Crippen molar-refractivity contribution in [2.45, 2.75) is 12.5 Å². The highest BCUT2D eigenvalue weighted by atomic mass is 35.5. The largest absolute Gasteiger partial charge is 0.340 e. The topological polar surface area (TPSA) is 36.4 Å². The van der Waals surface area contributed by atoms with Crippen molar-refractivity contribution in [2.75, 3.05) is 26.2 Å². The third kappa shape index (κ3) is 5.07. The van der Waals surface area contributed by atoms with Gasteiger partial charge in [-0.3, -0.25) is 9.69 Å². The fourth-order valence-corrected chi connectivity index (χ4v) is 5.67. The summed E-state index contributed by atoms with van der Waals surface area (Å²) in [7, 11) is 0. The summed E-state index contributed by atoms with van der Waals surface area (Å²) in [6.45, 7) is 3.11. The van der Waals surface area contributed by atoms with Crippen LogP contribution in [-0.2, 0) is 11.2 Å². The number of aromatic nitrogens is 1. The molecule has 1 saturated heterocycles. The number of carbonyl (C=O) groups is 1. The maximum atomic E-state index is 13.0. The molecule has 172 valence electrons. The average Bonchev–Trinajstić information content (AvgIpc) is 3.34. The molecule has 4 aromatic rings. The molecule has 0 atom stereocenters. The summed E-state index contributed by atoms with van der Waals surface area (Å²) < 4.78 is 0. The number of piperazine rings is 1. The van der Waals surface area contributed by atoms with Gasteiger partial charge in [-0.2, -0.15) is 0 Å². The molecule has 0 aliphatic carbocycles. The first kappa shape index (κ1) is 22.8. The third-order valence-corrected chi connectivity index (χ3v) is 7.51. The van der Waals surface area contributed by atoms with E-state index in [0.717, 1.165) is 42.4 Å². The van der Waals surface area contributed by atoms with Gasteiger partial charge in [-0.25, -0.2) is 4.98 Å². The first-order chi connectivity index (χ1) is 16.7. The van der Waals surface area contributed by atoms with Crippen molar-refractivity contribution in [3.63, 3.8) is 0 Å². The number of amides is 1. The second-order valence-corrected chi connectivity index (χ2v) is 9.71. The number of hydrogen-bond acceptors (Lipinski definition) is 4. The molecule has 34 heavy (non-hydrogen) atoms. The van der Waals surface area contributed by atoms with E-state index in [1.54, 1.807) is 0 Å². The first-order valence-corrected chi connectivity index (χ1v) is 12.8. The molecule has 1 amide bonds. The van der Waals surface area contributed by atoms with Crippen LogP contribution in [0.25, 0.3) is 10.6 Å². The SMILES string of the molecule is O=C(Cc1csc(-c2ccccc2Cl)n1)N1CCN(C(c2ccccc2)c2ccccc2)CC1. The van der Waals surface area contributed by atoms with Crippen LogP contribution in [-0.4, -0.2) is 46.9 Å². The molecule has 5 rings (SSSR count). The van der Waals surface area contributed by atoms with E-state index >= 15 is 0 Å². The van der Waals surface area contributed by atoms with E-state index in [-0.39, 0.29) is 11.9 Å². The zero-order valence-corrected chi connectivity index (χ0v) is 20.4. The van der Waals surface area contributed by atoms with Crippen molar-refractivity contribution in [1.29, 1.82) is 0 Å². The average molecular weight is 488 g/mol. The molecule has 0 saturated carbocycles. The lowest BCUT2D eigenvalue weighted by molar-refractivity contribution is -0.132. The van der Waals surface area contributed by atoms with Crippen molar-refractivity contribution < 1.29 is 4.79 Å². The van der Waals surface area contributed by atoms with Crippen LogP contribution in [0.1, 0.15) is 22.9 Å². The first-order valence-electron chi connectivity index (χ1n) is 11.5. The third-order valence-electron chi connectivity index (χ3n) is 6.25. The van der Waals surface area contributed by atoms with Crippen molar-refractivity contribution in [1.82, 2.24) is 14.8 Å². The van der Waals surface area contributed by atoms with Crippen molar-refractivity contribution >= 4 is 28.8 Å². The van der Waals surface area contributed by atoms with Crippen LogP contribution in [0.5, 0.6) is 0 Å². The standard InChI is InChI=1S/C28H26ClN3OS/c29-25-14-8-7-13-24(25)28-30-23(20-34-28)19-26(33)31-15-17-32(18-16-31)27(21-9-3-1-4-10-21)22-11-5-2-6-12-22/h1-14,20,27H,15-19H2. The van der Waals surface area contributed by atoms with Crippen LogP contribution in [0.2, 0.25) is 5.02 Å². The monoisotopic (exact) mass is 487 g/mol. The zero-order chi connectivity index (χ0) is 23.3. The van der Waals surface area contributed by atoms with Crippen molar-refractivity contribution in [3.8, 4) is 10.6 Å². The minimum Gasteiger partial charge on any atom is -0.340 e. The summed E-state index contributed by atoms with van der Waals surface area (Å²) in [4.78, 5) is 22.2. The van der Waals surface area contributed by atoms with Gasteiger partial charge in [0.25, 0.3) is 0 Å². The van der Waals surface area contributed by atoms with Crippen molar-refractivity contribution in [3.05, 3.63) is 112 Å². The molecule has 2 heterocycles. The molecule has 1 aliphatic heterocycles. The Labute approximate surface area is 209 Å². The number of rotatable bonds is 6. The Balaban J connectivity index is 1.24. The van der Waals surface area contributed by atoms with E-state index in [9.17, 15) is 4.79 Å². The second-order valence-electron chi connectivity index (χ2n) is 8.44. The van der Waals surface area contributed by atoms with Crippen LogP contribution >= 0.6 is 22.9 Å². The highest BCUT2D eigenvalue weighted by Gasteiger charge is 2.28. The number of hydrogen-bond donors (Lipinski definition) is 0. The van der Waals surface area contributed by atoms with Gasteiger partial charge in [0.1, 0.15) is 5.01 Å². The predicted molar refractivity (Wildman–Crippen MR) is 139 cm³/mol. The summed E-state index contributed by atoms with van der Waals surface area (Å²) in [5, 5.41) is 3.50. The van der Waals surface area contributed by atoms with Crippen LogP contribution in [0, 0.1) is 0 Å². The van der Waals surface area contributed by atoms with E-state index in [4.69, 9.17) is 11.6 Å². The fourth-order valence-electron chi connectivity index (χ4n) is 4.53. The van der Waals surface area contributed by atoms with Gasteiger partial charge in [-0.15, -0.1) is 11.3 Å². The molecule has 6 heteroatoms. The van der Waals surface area contributed by atoms with E-state index in [1.165, 1.54) is 22.5 Å². The molecule has 0 radical (unpaired) electrons. The van der Waals surface area contributed by atoms with E-state index in [1.807, 2.05) is 34.5 Å². The van der Waals surface area contributed by atoms with Crippen LogP contribution in [0.4, 0.5) is 0 Å². The minimum atomic E-state index is 0.131. The highest BCUT2D eigenvalue weighted by Crippen LogP contribution is 2.31. The van der Waals surface area contributed by atoms with E-state index in [2.05, 4.69) is 70.5 Å². The molecular formula is C28H26ClN3OS. The Morgan fingerprint density at radius 1 is 0.853 bits per heavy atom. The maximum Gasteiger partial charge on any atom is 0.228 e. The van der Waals surface area contributed by atoms with E-state index in [0.29, 0.717) is 11.4 Å². The van der Waals surface area contributed by atoms with Gasteiger partial charge in [0, 0.05) is 37.1 Å². The predicted octanol–water partition coefficient (Wildman–Crippen LogP) is 5.94. The van der Waals surface area contributed by atoms with Gasteiger partial charge < -0.3 is 4.90 Å². The molecular weight excluding hydrogens is 462 g/mol. The molecule has 3 aromatic carbocycles. The van der Waals surface area contributed by atoms with Gasteiger partial charge in [0.2, 0.25) is 5.91 Å². The Bertz CT molecular complexity index is 1200. The van der Waals surface area contributed by atoms with E-state index < -0.39 is 0 Å². The summed E-state index contributed by atoms with van der Waals surface area (Å²) in [5.74, 6) is 0.131. The normalized spacial score (nSPS) is 14.5. The molecule has 4 nitrogen and oxygen atoms in total. The Kier molecular flexibility index (Phi) is 7.05. The molecule has 0 bridgehead atoms. The number of nitrogens with zero attached hydrogens (tertiary/aromatic N) is 3. The molecule has 0 spiro atoms. The number of carbonyl (C=O) groups excluding carboxylic acids is 1. The fraction of sp³-hybridized carbons (Fsp3) is 0.214. The lowest BCUT2D eigenvalue weighted by Gasteiger charge is -2.39. The minimum absolute atomic E-state index is 0.131. The lowest BCUT2D eigenvalue weighted by atomic mass is 9.96. The van der Waals surface area contributed by atoms with Crippen LogP contribution < -0.4 is 0 Å². The molecule has 1 aliphatic rings. The lowest BCUT2D eigenvalue weighted by Crippen LogP contribution is -2.50. The smallest absolute Gasteiger partial charge is 0.228 e. The van der Waals surface area contributed by atoms with Crippen LogP contribution in [0.3, 0.4) is 0 Å². The maximum absolute atomic E-state index is 13.0. The summed E-state index contributed by atoms with van der Waals surface area (Å²) in [6, 6.07) is 29.1. The Morgan fingerprint density at radius 2 is 1.44 bits per heavy atom. The summed E-state index contributed by atoms with van der Waals surface area (Å²) in [5.41, 5.74) is 4.28. The number of thiazole rings is 1. The van der Waals surface area contributed by atoms with Crippen LogP contribution in [0.15, 0.2) is 90.3 Å². The number of benzene rings is 3.